The first-order valence-corrected chi connectivity index (χ1v) is 9.70. The molecule has 0 N–H and O–H groups in total. The summed E-state index contributed by atoms with van der Waals surface area (Å²) in [5, 5.41) is 1.03. The second-order valence-corrected chi connectivity index (χ2v) is 8.08. The first-order chi connectivity index (χ1) is 11.7. The van der Waals surface area contributed by atoms with Crippen LogP contribution in [0.5, 0.6) is 0 Å². The first-order valence-electron chi connectivity index (χ1n) is 8.88. The molecule has 126 valence electrons. The van der Waals surface area contributed by atoms with Gasteiger partial charge in [0.25, 0.3) is 0 Å². The fraction of sp³-hybridized carbons (Fsp3) is 0.526. The highest BCUT2D eigenvalue weighted by atomic mass is 32.1. The SMILES string of the molecule is Cc1ccc(-c2nc3c(s2)CN(C(=O)CC2CCCC2)CC3)cn1. The maximum Gasteiger partial charge on any atom is 0.223 e. The molecule has 4 nitrogen and oxygen atoms in total. The van der Waals surface area contributed by atoms with Gasteiger partial charge in [0.2, 0.25) is 5.91 Å². The third kappa shape index (κ3) is 3.22. The van der Waals surface area contributed by atoms with Crippen LogP contribution in [0.3, 0.4) is 0 Å². The molecule has 2 aromatic heterocycles. The van der Waals surface area contributed by atoms with Crippen LogP contribution >= 0.6 is 11.3 Å². The minimum Gasteiger partial charge on any atom is -0.337 e. The zero-order valence-corrected chi connectivity index (χ0v) is 14.9. The molecule has 4 rings (SSSR count). The molecule has 0 bridgehead atoms. The molecule has 1 aliphatic heterocycles. The van der Waals surface area contributed by atoms with Gasteiger partial charge in [-0.05, 0) is 37.8 Å². The van der Waals surface area contributed by atoms with Gasteiger partial charge in [-0.1, -0.05) is 12.8 Å². The predicted octanol–water partition coefficient (Wildman–Crippen LogP) is 3.98. The normalized spacial score (nSPS) is 18.0. The van der Waals surface area contributed by atoms with E-state index in [1.807, 2.05) is 24.1 Å². The van der Waals surface area contributed by atoms with Crippen molar-refractivity contribution in [1.29, 1.82) is 0 Å². The largest absolute Gasteiger partial charge is 0.337 e. The van der Waals surface area contributed by atoms with E-state index in [4.69, 9.17) is 4.98 Å². The Morgan fingerprint density at radius 2 is 2.17 bits per heavy atom. The van der Waals surface area contributed by atoms with E-state index in [0.29, 0.717) is 11.8 Å². The smallest absolute Gasteiger partial charge is 0.223 e. The number of carbonyl (C=O) groups is 1. The summed E-state index contributed by atoms with van der Waals surface area (Å²) in [6.45, 7) is 3.54. The number of aryl methyl sites for hydroxylation is 1. The standard InChI is InChI=1S/C19H23N3OS/c1-13-6-7-15(11-20-13)19-21-16-8-9-22(12-17(16)24-19)18(23)10-14-4-2-3-5-14/h6-7,11,14H,2-5,8-10,12H2,1H3. The van der Waals surface area contributed by atoms with Crippen LogP contribution in [0, 0.1) is 12.8 Å². The van der Waals surface area contributed by atoms with Crippen molar-refractivity contribution in [3.63, 3.8) is 0 Å². The third-order valence-electron chi connectivity index (χ3n) is 5.18. The summed E-state index contributed by atoms with van der Waals surface area (Å²) in [7, 11) is 0. The summed E-state index contributed by atoms with van der Waals surface area (Å²) in [5.41, 5.74) is 3.26. The predicted molar refractivity (Wildman–Crippen MR) is 95.8 cm³/mol. The van der Waals surface area contributed by atoms with Gasteiger partial charge < -0.3 is 4.90 Å². The molecule has 1 amide bonds. The van der Waals surface area contributed by atoms with Crippen LogP contribution in [0.15, 0.2) is 18.3 Å². The Kier molecular flexibility index (Phi) is 4.35. The summed E-state index contributed by atoms with van der Waals surface area (Å²) in [6, 6.07) is 4.10. The van der Waals surface area contributed by atoms with Crippen molar-refractivity contribution < 1.29 is 4.79 Å². The molecule has 1 saturated carbocycles. The first kappa shape index (κ1) is 15.8. The molecule has 24 heavy (non-hydrogen) atoms. The van der Waals surface area contributed by atoms with E-state index in [-0.39, 0.29) is 0 Å². The minimum absolute atomic E-state index is 0.333. The monoisotopic (exact) mass is 341 g/mol. The third-order valence-corrected chi connectivity index (χ3v) is 6.31. The number of fused-ring (bicyclic) bond motifs is 1. The topological polar surface area (TPSA) is 46.1 Å². The number of thiazole rings is 1. The van der Waals surface area contributed by atoms with Crippen LogP contribution in [-0.4, -0.2) is 27.3 Å². The van der Waals surface area contributed by atoms with Gasteiger partial charge in [0.05, 0.1) is 12.2 Å². The van der Waals surface area contributed by atoms with Crippen molar-refractivity contribution in [2.75, 3.05) is 6.54 Å². The highest BCUT2D eigenvalue weighted by Crippen LogP contribution is 2.33. The number of amides is 1. The zero-order valence-electron chi connectivity index (χ0n) is 14.1. The molecular weight excluding hydrogens is 318 g/mol. The number of pyridine rings is 1. The minimum atomic E-state index is 0.333. The lowest BCUT2D eigenvalue weighted by molar-refractivity contribution is -0.133. The number of hydrogen-bond donors (Lipinski definition) is 0. The maximum atomic E-state index is 12.6. The Hall–Kier alpha value is -1.75. The van der Waals surface area contributed by atoms with E-state index in [0.717, 1.165) is 42.2 Å². The van der Waals surface area contributed by atoms with Gasteiger partial charge in [0, 0.05) is 41.7 Å². The molecule has 3 heterocycles. The average molecular weight is 341 g/mol. The van der Waals surface area contributed by atoms with Crippen molar-refractivity contribution in [2.45, 2.75) is 52.0 Å². The Balaban J connectivity index is 1.46. The summed E-state index contributed by atoms with van der Waals surface area (Å²) >= 11 is 1.71. The molecule has 2 aliphatic rings. The van der Waals surface area contributed by atoms with Crippen molar-refractivity contribution in [1.82, 2.24) is 14.9 Å². The van der Waals surface area contributed by atoms with Crippen molar-refractivity contribution in [3.05, 3.63) is 34.6 Å². The van der Waals surface area contributed by atoms with Crippen molar-refractivity contribution in [3.8, 4) is 10.6 Å². The molecule has 0 spiro atoms. The van der Waals surface area contributed by atoms with Gasteiger partial charge in [0.1, 0.15) is 5.01 Å². The highest BCUT2D eigenvalue weighted by Gasteiger charge is 2.27. The van der Waals surface area contributed by atoms with Crippen LogP contribution in [-0.2, 0) is 17.8 Å². The Morgan fingerprint density at radius 3 is 2.92 bits per heavy atom. The summed E-state index contributed by atoms with van der Waals surface area (Å²) in [5.74, 6) is 0.953. The molecule has 5 heteroatoms. The lowest BCUT2D eigenvalue weighted by Gasteiger charge is -2.27. The average Bonchev–Trinajstić information content (AvgIpc) is 3.23. The molecule has 2 aromatic rings. The van der Waals surface area contributed by atoms with Crippen LogP contribution in [0.4, 0.5) is 0 Å². The van der Waals surface area contributed by atoms with E-state index in [9.17, 15) is 4.79 Å². The van der Waals surface area contributed by atoms with Gasteiger partial charge in [-0.2, -0.15) is 0 Å². The van der Waals surface area contributed by atoms with Gasteiger partial charge in [-0.3, -0.25) is 9.78 Å². The van der Waals surface area contributed by atoms with Crippen LogP contribution in [0.2, 0.25) is 0 Å². The molecule has 1 aliphatic carbocycles. The molecule has 0 atom stereocenters. The number of nitrogens with zero attached hydrogens (tertiary/aromatic N) is 3. The van der Waals surface area contributed by atoms with Crippen LogP contribution in [0.25, 0.3) is 10.6 Å². The Labute approximate surface area is 146 Å². The van der Waals surface area contributed by atoms with E-state index < -0.39 is 0 Å². The molecular formula is C19H23N3OS. The van der Waals surface area contributed by atoms with Gasteiger partial charge in [-0.25, -0.2) is 4.98 Å². The fourth-order valence-electron chi connectivity index (χ4n) is 3.72. The quantitative estimate of drug-likeness (QED) is 0.848. The van der Waals surface area contributed by atoms with Crippen molar-refractivity contribution in [2.24, 2.45) is 5.92 Å². The van der Waals surface area contributed by atoms with Crippen LogP contribution in [0.1, 0.15) is 48.4 Å². The number of hydrogen-bond acceptors (Lipinski definition) is 4. The van der Waals surface area contributed by atoms with Crippen molar-refractivity contribution >= 4 is 17.2 Å². The van der Waals surface area contributed by atoms with E-state index in [1.54, 1.807) is 11.3 Å². The lowest BCUT2D eigenvalue weighted by Crippen LogP contribution is -2.36. The lowest BCUT2D eigenvalue weighted by atomic mass is 10.0. The van der Waals surface area contributed by atoms with Gasteiger partial charge in [0.15, 0.2) is 0 Å². The second-order valence-electron chi connectivity index (χ2n) is 7.00. The van der Waals surface area contributed by atoms with Gasteiger partial charge in [-0.15, -0.1) is 11.3 Å². The summed E-state index contributed by atoms with van der Waals surface area (Å²) in [4.78, 5) is 25.0. The second kappa shape index (κ2) is 6.63. The Bertz CT molecular complexity index is 732. The summed E-state index contributed by atoms with van der Waals surface area (Å²) in [6.07, 6.45) is 8.56. The van der Waals surface area contributed by atoms with Crippen LogP contribution < -0.4 is 0 Å². The highest BCUT2D eigenvalue weighted by molar-refractivity contribution is 7.15. The van der Waals surface area contributed by atoms with E-state index in [2.05, 4.69) is 11.1 Å². The van der Waals surface area contributed by atoms with E-state index >= 15 is 0 Å². The number of rotatable bonds is 3. The number of aromatic nitrogens is 2. The summed E-state index contributed by atoms with van der Waals surface area (Å²) < 4.78 is 0. The Morgan fingerprint density at radius 1 is 1.33 bits per heavy atom. The van der Waals surface area contributed by atoms with Gasteiger partial charge >= 0.3 is 0 Å². The molecule has 0 aromatic carbocycles. The number of carbonyl (C=O) groups excluding carboxylic acids is 1. The molecule has 0 unspecified atom stereocenters. The van der Waals surface area contributed by atoms with E-state index in [1.165, 1.54) is 36.3 Å². The fourth-order valence-corrected chi connectivity index (χ4v) is 4.83. The molecule has 0 radical (unpaired) electrons. The molecule has 1 fully saturated rings. The molecule has 0 saturated heterocycles. The zero-order chi connectivity index (χ0) is 16.5. The maximum absolute atomic E-state index is 12.6.